The summed E-state index contributed by atoms with van der Waals surface area (Å²) in [5, 5.41) is 2.82. The monoisotopic (exact) mass is 370 g/mol. The van der Waals surface area contributed by atoms with Gasteiger partial charge in [-0.1, -0.05) is 25.0 Å². The Bertz CT molecular complexity index is 717. The maximum absolute atomic E-state index is 12.5. The molecular formula is C21H26N2O4. The third-order valence-corrected chi connectivity index (χ3v) is 5.99. The van der Waals surface area contributed by atoms with Gasteiger partial charge in [0.15, 0.2) is 0 Å². The predicted molar refractivity (Wildman–Crippen MR) is 100 cm³/mol. The summed E-state index contributed by atoms with van der Waals surface area (Å²) in [5.74, 6) is -0.539. The van der Waals surface area contributed by atoms with Crippen molar-refractivity contribution in [3.05, 3.63) is 24.3 Å². The van der Waals surface area contributed by atoms with E-state index in [1.807, 2.05) is 18.2 Å². The lowest BCUT2D eigenvalue weighted by molar-refractivity contribution is -0.142. The van der Waals surface area contributed by atoms with Gasteiger partial charge in [0.2, 0.25) is 17.7 Å². The van der Waals surface area contributed by atoms with Crippen molar-refractivity contribution in [1.82, 2.24) is 4.90 Å². The molecule has 0 aromatic heterocycles. The van der Waals surface area contributed by atoms with Crippen molar-refractivity contribution < 1.29 is 19.1 Å². The van der Waals surface area contributed by atoms with Crippen molar-refractivity contribution in [2.75, 3.05) is 11.9 Å². The molecule has 6 heteroatoms. The minimum atomic E-state index is -0.363. The average Bonchev–Trinajstić information content (AvgIpc) is 3.27. The molecule has 27 heavy (non-hydrogen) atoms. The molecule has 0 radical (unpaired) electrons. The van der Waals surface area contributed by atoms with Crippen LogP contribution >= 0.6 is 0 Å². The third kappa shape index (κ3) is 3.70. The zero-order valence-corrected chi connectivity index (χ0v) is 15.5. The number of hydrogen-bond donors (Lipinski definition) is 1. The highest BCUT2D eigenvalue weighted by Gasteiger charge is 2.48. The molecule has 1 saturated heterocycles. The van der Waals surface area contributed by atoms with Crippen LogP contribution in [0.3, 0.4) is 0 Å². The van der Waals surface area contributed by atoms with E-state index in [0.717, 1.165) is 43.4 Å². The van der Waals surface area contributed by atoms with Crippen molar-refractivity contribution in [3.8, 4) is 5.75 Å². The number of carbonyl (C=O) groups excluding carboxylic acids is 3. The van der Waals surface area contributed by atoms with Crippen LogP contribution in [0.25, 0.3) is 0 Å². The molecule has 2 aliphatic carbocycles. The van der Waals surface area contributed by atoms with Crippen LogP contribution in [0.2, 0.25) is 0 Å². The van der Waals surface area contributed by atoms with Crippen LogP contribution in [-0.4, -0.2) is 35.3 Å². The standard InChI is InChI=1S/C21H26N2O4/c24-19(13-23-20(25)15-9-3-4-10-16(15)21(23)26)22-17-11-5-6-12-18(17)27-14-7-1-2-8-14/h5-6,11-12,14-16H,1-4,7-10,13H2,(H,22,24)/t15-,16+. The molecule has 0 bridgehead atoms. The van der Waals surface area contributed by atoms with E-state index in [4.69, 9.17) is 4.74 Å². The molecule has 1 aromatic carbocycles. The highest BCUT2D eigenvalue weighted by Crippen LogP contribution is 2.38. The summed E-state index contributed by atoms with van der Waals surface area (Å²) in [5.41, 5.74) is 0.589. The lowest BCUT2D eigenvalue weighted by atomic mass is 9.81. The second-order valence-corrected chi connectivity index (χ2v) is 7.83. The van der Waals surface area contributed by atoms with Gasteiger partial charge in [0.05, 0.1) is 23.6 Å². The zero-order valence-electron chi connectivity index (χ0n) is 15.5. The van der Waals surface area contributed by atoms with E-state index >= 15 is 0 Å². The second kappa shape index (κ2) is 7.71. The lowest BCUT2D eigenvalue weighted by Crippen LogP contribution is -2.38. The van der Waals surface area contributed by atoms with Crippen LogP contribution in [0.15, 0.2) is 24.3 Å². The van der Waals surface area contributed by atoms with Gasteiger partial charge in [-0.25, -0.2) is 0 Å². The van der Waals surface area contributed by atoms with Gasteiger partial charge < -0.3 is 10.1 Å². The lowest BCUT2D eigenvalue weighted by Gasteiger charge is -2.19. The van der Waals surface area contributed by atoms with Gasteiger partial charge in [-0.3, -0.25) is 19.3 Å². The molecule has 1 N–H and O–H groups in total. The van der Waals surface area contributed by atoms with Gasteiger partial charge in [-0.05, 0) is 50.7 Å². The van der Waals surface area contributed by atoms with Gasteiger partial charge in [0.1, 0.15) is 12.3 Å². The summed E-state index contributed by atoms with van der Waals surface area (Å²) in [6.07, 6.45) is 8.05. The molecule has 144 valence electrons. The van der Waals surface area contributed by atoms with E-state index < -0.39 is 0 Å². The minimum absolute atomic E-state index is 0.185. The number of nitrogens with one attached hydrogen (secondary N) is 1. The Hall–Kier alpha value is -2.37. The van der Waals surface area contributed by atoms with Crippen molar-refractivity contribution >= 4 is 23.4 Å². The largest absolute Gasteiger partial charge is 0.488 e. The number of carbonyl (C=O) groups is 3. The minimum Gasteiger partial charge on any atom is -0.488 e. The fourth-order valence-corrected chi connectivity index (χ4v) is 4.58. The average molecular weight is 370 g/mol. The second-order valence-electron chi connectivity index (χ2n) is 7.83. The molecule has 1 aromatic rings. The molecular weight excluding hydrogens is 344 g/mol. The summed E-state index contributed by atoms with van der Waals surface area (Å²) >= 11 is 0. The maximum Gasteiger partial charge on any atom is 0.244 e. The number of imide groups is 1. The van der Waals surface area contributed by atoms with Gasteiger partial charge in [-0.15, -0.1) is 0 Å². The Morgan fingerprint density at radius 3 is 2.22 bits per heavy atom. The normalized spacial score (nSPS) is 25.6. The Balaban J connectivity index is 1.41. The first-order valence-electron chi connectivity index (χ1n) is 10.0. The van der Waals surface area contributed by atoms with E-state index in [1.165, 1.54) is 12.8 Å². The van der Waals surface area contributed by atoms with Crippen LogP contribution in [0.4, 0.5) is 5.69 Å². The molecule has 1 aliphatic heterocycles. The molecule has 4 rings (SSSR count). The molecule has 6 nitrogen and oxygen atoms in total. The quantitative estimate of drug-likeness (QED) is 0.808. The number of likely N-dealkylation sites (tertiary alicyclic amines) is 1. The Morgan fingerprint density at radius 2 is 1.56 bits per heavy atom. The predicted octanol–water partition coefficient (Wildman–Crippen LogP) is 3.12. The van der Waals surface area contributed by atoms with Gasteiger partial charge in [0, 0.05) is 0 Å². The summed E-state index contributed by atoms with van der Waals surface area (Å²) in [7, 11) is 0. The SMILES string of the molecule is O=C(CN1C(=O)[C@H]2CCCC[C@H]2C1=O)Nc1ccccc1OC1CCCC1. The number of benzene rings is 1. The van der Waals surface area contributed by atoms with E-state index in [-0.39, 0.29) is 42.2 Å². The van der Waals surface area contributed by atoms with Crippen molar-refractivity contribution in [2.45, 2.75) is 57.5 Å². The first-order valence-corrected chi connectivity index (χ1v) is 10.0. The van der Waals surface area contributed by atoms with Crippen LogP contribution in [0.5, 0.6) is 5.75 Å². The summed E-state index contributed by atoms with van der Waals surface area (Å²) < 4.78 is 6.03. The fourth-order valence-electron chi connectivity index (χ4n) is 4.58. The van der Waals surface area contributed by atoms with E-state index in [0.29, 0.717) is 11.4 Å². The first-order chi connectivity index (χ1) is 13.1. The fraction of sp³-hybridized carbons (Fsp3) is 0.571. The Kier molecular flexibility index (Phi) is 5.14. The van der Waals surface area contributed by atoms with Crippen molar-refractivity contribution in [3.63, 3.8) is 0 Å². The Labute approximate surface area is 159 Å². The van der Waals surface area contributed by atoms with E-state index in [2.05, 4.69) is 5.32 Å². The maximum atomic E-state index is 12.5. The number of anilines is 1. The van der Waals surface area contributed by atoms with Crippen LogP contribution in [-0.2, 0) is 14.4 Å². The molecule has 0 spiro atoms. The van der Waals surface area contributed by atoms with Crippen LogP contribution in [0, 0.1) is 11.8 Å². The number of para-hydroxylation sites is 2. The van der Waals surface area contributed by atoms with Crippen molar-refractivity contribution in [1.29, 1.82) is 0 Å². The van der Waals surface area contributed by atoms with Crippen LogP contribution in [0.1, 0.15) is 51.4 Å². The van der Waals surface area contributed by atoms with E-state index in [1.54, 1.807) is 6.07 Å². The third-order valence-electron chi connectivity index (χ3n) is 5.99. The molecule has 3 amide bonds. The topological polar surface area (TPSA) is 75.7 Å². The smallest absolute Gasteiger partial charge is 0.244 e. The van der Waals surface area contributed by atoms with Crippen LogP contribution < -0.4 is 10.1 Å². The zero-order chi connectivity index (χ0) is 18.8. The Morgan fingerprint density at radius 1 is 0.963 bits per heavy atom. The van der Waals surface area contributed by atoms with E-state index in [9.17, 15) is 14.4 Å². The molecule has 0 unspecified atom stereocenters. The molecule has 2 atom stereocenters. The van der Waals surface area contributed by atoms with Gasteiger partial charge >= 0.3 is 0 Å². The number of amides is 3. The van der Waals surface area contributed by atoms with Crippen molar-refractivity contribution in [2.24, 2.45) is 11.8 Å². The first kappa shape index (κ1) is 18.0. The molecule has 2 saturated carbocycles. The summed E-state index contributed by atoms with van der Waals surface area (Å²) in [6, 6.07) is 7.33. The molecule has 1 heterocycles. The number of hydrogen-bond acceptors (Lipinski definition) is 4. The van der Waals surface area contributed by atoms with Gasteiger partial charge in [0.25, 0.3) is 0 Å². The molecule has 3 aliphatic rings. The molecule has 3 fully saturated rings. The number of fused-ring (bicyclic) bond motifs is 1. The summed E-state index contributed by atoms with van der Waals surface area (Å²) in [4.78, 5) is 38.8. The summed E-state index contributed by atoms with van der Waals surface area (Å²) in [6.45, 7) is -0.220. The number of rotatable bonds is 5. The highest BCUT2D eigenvalue weighted by atomic mass is 16.5. The number of ether oxygens (including phenoxy) is 1. The number of nitrogens with zero attached hydrogens (tertiary/aromatic N) is 1. The van der Waals surface area contributed by atoms with Gasteiger partial charge in [-0.2, -0.15) is 0 Å². The highest BCUT2D eigenvalue weighted by molar-refractivity contribution is 6.08.